The summed E-state index contributed by atoms with van der Waals surface area (Å²) >= 11 is 0. The van der Waals surface area contributed by atoms with Gasteiger partial charge >= 0.3 is 0 Å². The largest absolute Gasteiger partial charge is 0.496 e. The van der Waals surface area contributed by atoms with E-state index in [-0.39, 0.29) is 6.42 Å². The van der Waals surface area contributed by atoms with Gasteiger partial charge in [-0.15, -0.1) is 0 Å². The quantitative estimate of drug-likeness (QED) is 0.909. The third-order valence-electron chi connectivity index (χ3n) is 3.29. The van der Waals surface area contributed by atoms with Gasteiger partial charge in [0.2, 0.25) is 0 Å². The summed E-state index contributed by atoms with van der Waals surface area (Å²) in [6.07, 6.45) is 0.239. The Hall–Kier alpha value is -2.01. The molecule has 1 N–H and O–H groups in total. The predicted octanol–water partition coefficient (Wildman–Crippen LogP) is 3.62. The Labute approximate surface area is 121 Å². The fraction of sp³-hybridized carbons (Fsp3) is 0.250. The summed E-state index contributed by atoms with van der Waals surface area (Å²) in [5, 5.41) is 2.96. The molecule has 5 heteroatoms. The third kappa shape index (κ3) is 3.55. The van der Waals surface area contributed by atoms with E-state index in [9.17, 15) is 13.2 Å². The Morgan fingerprint density at radius 1 is 1.10 bits per heavy atom. The van der Waals surface area contributed by atoms with Gasteiger partial charge in [0.15, 0.2) is 0 Å². The molecular weight excluding hydrogens is 279 g/mol. The summed E-state index contributed by atoms with van der Waals surface area (Å²) < 4.78 is 45.7. The molecule has 0 amide bonds. The molecule has 0 spiro atoms. The molecule has 0 aliphatic rings. The average Bonchev–Trinajstić information content (AvgIpc) is 2.44. The van der Waals surface area contributed by atoms with Gasteiger partial charge in [-0.1, -0.05) is 6.07 Å². The molecule has 112 valence electrons. The molecule has 2 rings (SSSR count). The first-order valence-corrected chi connectivity index (χ1v) is 6.49. The Kier molecular flexibility index (Phi) is 4.85. The topological polar surface area (TPSA) is 21.3 Å². The highest BCUT2D eigenvalue weighted by molar-refractivity contribution is 5.38. The van der Waals surface area contributed by atoms with Gasteiger partial charge in [0.1, 0.15) is 23.2 Å². The van der Waals surface area contributed by atoms with Crippen molar-refractivity contribution < 1.29 is 17.9 Å². The maximum Gasteiger partial charge on any atom is 0.131 e. The minimum atomic E-state index is -0.652. The van der Waals surface area contributed by atoms with Crippen LogP contribution in [0.25, 0.3) is 0 Å². The molecule has 21 heavy (non-hydrogen) atoms. The van der Waals surface area contributed by atoms with E-state index >= 15 is 0 Å². The highest BCUT2D eigenvalue weighted by atomic mass is 19.1. The second kappa shape index (κ2) is 6.63. The van der Waals surface area contributed by atoms with Crippen LogP contribution in [0.4, 0.5) is 13.2 Å². The first kappa shape index (κ1) is 15.4. The number of benzene rings is 2. The second-order valence-corrected chi connectivity index (χ2v) is 4.68. The fourth-order valence-electron chi connectivity index (χ4n) is 2.35. The number of rotatable bonds is 5. The molecule has 1 unspecified atom stereocenters. The monoisotopic (exact) mass is 295 g/mol. The zero-order valence-electron chi connectivity index (χ0n) is 11.8. The van der Waals surface area contributed by atoms with Crippen molar-refractivity contribution in [3.63, 3.8) is 0 Å². The van der Waals surface area contributed by atoms with Crippen LogP contribution in [0.3, 0.4) is 0 Å². The van der Waals surface area contributed by atoms with Gasteiger partial charge in [-0.25, -0.2) is 13.2 Å². The summed E-state index contributed by atoms with van der Waals surface area (Å²) in [6, 6.07) is 7.35. The standard InChI is InChI=1S/C16H16F3NO/c1-20-14(8-10-6-11(17)9-12(18)7-10)16-13(19)4-3-5-15(16)21-2/h3-7,9,14,20H,8H2,1-2H3. The zero-order valence-corrected chi connectivity index (χ0v) is 11.8. The normalized spacial score (nSPS) is 12.2. The number of hydrogen-bond donors (Lipinski definition) is 1. The van der Waals surface area contributed by atoms with Gasteiger partial charge in [0, 0.05) is 17.7 Å². The maximum absolute atomic E-state index is 14.1. The summed E-state index contributed by atoms with van der Waals surface area (Å²) in [5.74, 6) is -1.34. The van der Waals surface area contributed by atoms with Gasteiger partial charge in [-0.2, -0.15) is 0 Å². The number of ether oxygens (including phenoxy) is 1. The van der Waals surface area contributed by atoms with Crippen molar-refractivity contribution in [3.05, 3.63) is 65.0 Å². The van der Waals surface area contributed by atoms with Crippen molar-refractivity contribution in [2.45, 2.75) is 12.5 Å². The van der Waals surface area contributed by atoms with Gasteiger partial charge in [-0.3, -0.25) is 0 Å². The van der Waals surface area contributed by atoms with E-state index in [0.717, 1.165) is 6.07 Å². The Morgan fingerprint density at radius 3 is 2.33 bits per heavy atom. The van der Waals surface area contributed by atoms with Gasteiger partial charge in [0.05, 0.1) is 7.11 Å². The van der Waals surface area contributed by atoms with E-state index in [1.165, 1.54) is 25.3 Å². The molecule has 0 aliphatic heterocycles. The van der Waals surface area contributed by atoms with Gasteiger partial charge < -0.3 is 10.1 Å². The SMILES string of the molecule is CNC(Cc1cc(F)cc(F)c1)c1c(F)cccc1OC. The van der Waals surface area contributed by atoms with Crippen LogP contribution in [0.1, 0.15) is 17.2 Å². The van der Waals surface area contributed by atoms with Crippen molar-refractivity contribution in [2.75, 3.05) is 14.2 Å². The molecule has 0 heterocycles. The van der Waals surface area contributed by atoms with Crippen molar-refractivity contribution in [1.82, 2.24) is 5.32 Å². The Balaban J connectivity index is 2.36. The molecule has 2 aromatic rings. The van der Waals surface area contributed by atoms with Crippen LogP contribution in [0.15, 0.2) is 36.4 Å². The van der Waals surface area contributed by atoms with Crippen molar-refractivity contribution in [3.8, 4) is 5.75 Å². The number of methoxy groups -OCH3 is 1. The molecule has 1 atom stereocenters. The summed E-state index contributed by atoms with van der Waals surface area (Å²) in [4.78, 5) is 0. The van der Waals surface area contributed by atoms with Crippen molar-refractivity contribution in [2.24, 2.45) is 0 Å². The second-order valence-electron chi connectivity index (χ2n) is 4.68. The molecule has 0 aromatic heterocycles. The minimum absolute atomic E-state index is 0.239. The summed E-state index contributed by atoms with van der Waals surface area (Å²) in [5.41, 5.74) is 0.782. The average molecular weight is 295 g/mol. The predicted molar refractivity (Wildman–Crippen MR) is 74.8 cm³/mol. The van der Waals surface area contributed by atoms with E-state index in [0.29, 0.717) is 16.9 Å². The lowest BCUT2D eigenvalue weighted by Gasteiger charge is -2.20. The molecule has 0 radical (unpaired) electrons. The van der Waals surface area contributed by atoms with Crippen molar-refractivity contribution in [1.29, 1.82) is 0 Å². The van der Waals surface area contributed by atoms with E-state index in [2.05, 4.69) is 5.32 Å². The molecule has 0 saturated carbocycles. The first-order chi connectivity index (χ1) is 10.0. The van der Waals surface area contributed by atoms with Crippen LogP contribution in [-0.4, -0.2) is 14.2 Å². The lowest BCUT2D eigenvalue weighted by Crippen LogP contribution is -2.21. The lowest BCUT2D eigenvalue weighted by atomic mass is 9.97. The highest BCUT2D eigenvalue weighted by Crippen LogP contribution is 2.30. The summed E-state index contributed by atoms with van der Waals surface area (Å²) in [7, 11) is 3.11. The smallest absolute Gasteiger partial charge is 0.131 e. The van der Waals surface area contributed by atoms with E-state index in [1.54, 1.807) is 19.2 Å². The van der Waals surface area contributed by atoms with Crippen LogP contribution >= 0.6 is 0 Å². The molecule has 2 nitrogen and oxygen atoms in total. The minimum Gasteiger partial charge on any atom is -0.496 e. The van der Waals surface area contributed by atoms with Gasteiger partial charge in [0.25, 0.3) is 0 Å². The number of likely N-dealkylation sites (N-methyl/N-ethyl adjacent to an activating group) is 1. The first-order valence-electron chi connectivity index (χ1n) is 6.49. The highest BCUT2D eigenvalue weighted by Gasteiger charge is 2.20. The lowest BCUT2D eigenvalue weighted by molar-refractivity contribution is 0.393. The van der Waals surface area contributed by atoms with Crippen LogP contribution in [-0.2, 0) is 6.42 Å². The molecule has 0 aliphatic carbocycles. The molecule has 0 fully saturated rings. The van der Waals surface area contributed by atoms with E-state index < -0.39 is 23.5 Å². The van der Waals surface area contributed by atoms with Crippen LogP contribution in [0.5, 0.6) is 5.75 Å². The van der Waals surface area contributed by atoms with E-state index in [4.69, 9.17) is 4.74 Å². The molecule has 0 saturated heterocycles. The van der Waals surface area contributed by atoms with E-state index in [1.807, 2.05) is 0 Å². The molecular formula is C16H16F3NO. The zero-order chi connectivity index (χ0) is 15.4. The van der Waals surface area contributed by atoms with Crippen LogP contribution < -0.4 is 10.1 Å². The number of halogens is 3. The maximum atomic E-state index is 14.1. The summed E-state index contributed by atoms with van der Waals surface area (Å²) in [6.45, 7) is 0. The molecule has 2 aromatic carbocycles. The van der Waals surface area contributed by atoms with Crippen molar-refractivity contribution >= 4 is 0 Å². The van der Waals surface area contributed by atoms with Crippen LogP contribution in [0, 0.1) is 17.5 Å². The Morgan fingerprint density at radius 2 is 1.76 bits per heavy atom. The van der Waals surface area contributed by atoms with Crippen LogP contribution in [0.2, 0.25) is 0 Å². The van der Waals surface area contributed by atoms with Gasteiger partial charge in [-0.05, 0) is 43.3 Å². The fourth-order valence-corrected chi connectivity index (χ4v) is 2.35. The number of nitrogens with one attached hydrogen (secondary N) is 1. The Bertz CT molecular complexity index is 611. The number of hydrogen-bond acceptors (Lipinski definition) is 2. The third-order valence-corrected chi connectivity index (χ3v) is 3.29. The molecule has 0 bridgehead atoms.